The molecule has 5 rings (SSSR count). The zero-order valence-electron chi connectivity index (χ0n) is 14.7. The van der Waals surface area contributed by atoms with Crippen molar-refractivity contribution in [2.45, 2.75) is 25.8 Å². The lowest BCUT2D eigenvalue weighted by Gasteiger charge is -2.11. The average Bonchev–Trinajstić information content (AvgIpc) is 3.34. The number of rotatable bonds is 3. The Morgan fingerprint density at radius 3 is 3.00 bits per heavy atom. The SMILES string of the molecule is O=C(Nc1cccc(-c2cn3c(n2)CCCC3)c1)c1ccc2nncn2c1. The van der Waals surface area contributed by atoms with Crippen LogP contribution in [-0.2, 0) is 13.0 Å². The van der Waals surface area contributed by atoms with Crippen LogP contribution in [0.2, 0.25) is 0 Å². The Morgan fingerprint density at radius 1 is 1.11 bits per heavy atom. The molecule has 0 spiro atoms. The van der Waals surface area contributed by atoms with Gasteiger partial charge in [-0.1, -0.05) is 12.1 Å². The average molecular weight is 358 g/mol. The Labute approximate surface area is 155 Å². The highest BCUT2D eigenvalue weighted by atomic mass is 16.1. The van der Waals surface area contributed by atoms with Gasteiger partial charge in [-0.05, 0) is 37.1 Å². The molecule has 3 aromatic heterocycles. The number of nitrogens with one attached hydrogen (secondary N) is 1. The highest BCUT2D eigenvalue weighted by Gasteiger charge is 2.14. The maximum Gasteiger partial charge on any atom is 0.257 e. The predicted molar refractivity (Wildman–Crippen MR) is 102 cm³/mol. The minimum atomic E-state index is -0.174. The summed E-state index contributed by atoms with van der Waals surface area (Å²) in [5.41, 5.74) is 3.95. The summed E-state index contributed by atoms with van der Waals surface area (Å²) in [6.07, 6.45) is 8.83. The molecular formula is C20H18N6O. The van der Waals surface area contributed by atoms with E-state index in [0.29, 0.717) is 11.2 Å². The molecule has 0 aliphatic carbocycles. The van der Waals surface area contributed by atoms with Gasteiger partial charge in [0.2, 0.25) is 0 Å². The Bertz CT molecular complexity index is 1120. The van der Waals surface area contributed by atoms with Gasteiger partial charge < -0.3 is 9.88 Å². The maximum absolute atomic E-state index is 12.6. The molecular weight excluding hydrogens is 340 g/mol. The van der Waals surface area contributed by atoms with Gasteiger partial charge >= 0.3 is 0 Å². The fourth-order valence-electron chi connectivity index (χ4n) is 3.47. The van der Waals surface area contributed by atoms with Crippen molar-refractivity contribution in [1.82, 2.24) is 24.1 Å². The third kappa shape index (κ3) is 2.97. The number of hydrogen-bond acceptors (Lipinski definition) is 4. The lowest BCUT2D eigenvalue weighted by Crippen LogP contribution is -2.12. The van der Waals surface area contributed by atoms with Gasteiger partial charge in [-0.2, -0.15) is 0 Å². The largest absolute Gasteiger partial charge is 0.334 e. The van der Waals surface area contributed by atoms with Crippen molar-refractivity contribution in [1.29, 1.82) is 0 Å². The lowest BCUT2D eigenvalue weighted by atomic mass is 10.1. The molecule has 1 aliphatic heterocycles. The molecule has 1 aromatic carbocycles. The second-order valence-electron chi connectivity index (χ2n) is 6.74. The van der Waals surface area contributed by atoms with Gasteiger partial charge in [-0.25, -0.2) is 4.98 Å². The first-order chi connectivity index (χ1) is 13.3. The number of benzene rings is 1. The van der Waals surface area contributed by atoms with Crippen LogP contribution in [0.5, 0.6) is 0 Å². The number of aromatic nitrogens is 5. The summed E-state index contributed by atoms with van der Waals surface area (Å²) < 4.78 is 3.96. The topological polar surface area (TPSA) is 77.1 Å². The monoisotopic (exact) mass is 358 g/mol. The molecule has 4 aromatic rings. The first-order valence-electron chi connectivity index (χ1n) is 9.03. The van der Waals surface area contributed by atoms with Crippen LogP contribution in [-0.4, -0.2) is 30.1 Å². The number of fused-ring (bicyclic) bond motifs is 2. The van der Waals surface area contributed by atoms with Crippen LogP contribution >= 0.6 is 0 Å². The number of hydrogen-bond donors (Lipinski definition) is 1. The van der Waals surface area contributed by atoms with Crippen molar-refractivity contribution < 1.29 is 4.79 Å². The summed E-state index contributed by atoms with van der Waals surface area (Å²) in [4.78, 5) is 17.4. The van der Waals surface area contributed by atoms with Gasteiger partial charge in [-0.15, -0.1) is 10.2 Å². The second kappa shape index (κ2) is 6.35. The van der Waals surface area contributed by atoms with E-state index in [1.165, 1.54) is 12.8 Å². The molecule has 4 heterocycles. The van der Waals surface area contributed by atoms with Crippen LogP contribution in [0.15, 0.2) is 55.1 Å². The quantitative estimate of drug-likeness (QED) is 0.610. The van der Waals surface area contributed by atoms with Crippen molar-refractivity contribution in [3.8, 4) is 11.3 Å². The first kappa shape index (κ1) is 15.7. The van der Waals surface area contributed by atoms with Crippen LogP contribution in [0.1, 0.15) is 29.0 Å². The molecule has 0 fully saturated rings. The van der Waals surface area contributed by atoms with Crippen molar-refractivity contribution >= 4 is 17.2 Å². The van der Waals surface area contributed by atoms with Gasteiger partial charge in [-0.3, -0.25) is 9.20 Å². The number of carbonyl (C=O) groups is 1. The summed E-state index contributed by atoms with van der Waals surface area (Å²) in [5.74, 6) is 0.972. The van der Waals surface area contributed by atoms with Crippen molar-refractivity contribution in [2.75, 3.05) is 5.32 Å². The van der Waals surface area contributed by atoms with Crippen molar-refractivity contribution in [2.24, 2.45) is 0 Å². The maximum atomic E-state index is 12.6. The van der Waals surface area contributed by atoms with E-state index in [2.05, 4.69) is 26.3 Å². The summed E-state index contributed by atoms with van der Waals surface area (Å²) in [6, 6.07) is 11.3. The van der Waals surface area contributed by atoms with E-state index in [1.54, 1.807) is 29.1 Å². The number of amides is 1. The van der Waals surface area contributed by atoms with E-state index in [1.807, 2.05) is 24.3 Å². The van der Waals surface area contributed by atoms with Crippen LogP contribution in [0, 0.1) is 0 Å². The molecule has 1 aliphatic rings. The number of imidazole rings is 1. The molecule has 0 saturated heterocycles. The molecule has 0 radical (unpaired) electrons. The summed E-state index contributed by atoms with van der Waals surface area (Å²) in [7, 11) is 0. The Balaban J connectivity index is 1.40. The fraction of sp³-hybridized carbons (Fsp3) is 0.200. The number of pyridine rings is 1. The minimum Gasteiger partial charge on any atom is -0.334 e. The smallest absolute Gasteiger partial charge is 0.257 e. The number of nitrogens with zero attached hydrogens (tertiary/aromatic N) is 5. The number of carbonyl (C=O) groups excluding carboxylic acids is 1. The number of aryl methyl sites for hydroxylation is 2. The standard InChI is InChI=1S/C20H18N6O/c27-20(15-7-8-19-24-21-13-26(19)11-15)22-16-5-3-4-14(10-16)17-12-25-9-2-1-6-18(25)23-17/h3-5,7-8,10-13H,1-2,6,9H2,(H,22,27). The van der Waals surface area contributed by atoms with Gasteiger partial charge in [0.25, 0.3) is 5.91 Å². The summed E-state index contributed by atoms with van der Waals surface area (Å²) >= 11 is 0. The Hall–Kier alpha value is -3.48. The molecule has 1 N–H and O–H groups in total. The molecule has 0 atom stereocenters. The van der Waals surface area contributed by atoms with Crippen molar-refractivity contribution in [3.05, 3.63) is 66.5 Å². The highest BCUT2D eigenvalue weighted by molar-refractivity contribution is 6.04. The first-order valence-corrected chi connectivity index (χ1v) is 9.03. The lowest BCUT2D eigenvalue weighted by molar-refractivity contribution is 0.102. The van der Waals surface area contributed by atoms with Gasteiger partial charge in [0, 0.05) is 36.6 Å². The highest BCUT2D eigenvalue weighted by Crippen LogP contribution is 2.25. The Morgan fingerprint density at radius 2 is 2.07 bits per heavy atom. The van der Waals surface area contributed by atoms with E-state index in [0.717, 1.165) is 35.7 Å². The molecule has 27 heavy (non-hydrogen) atoms. The molecule has 7 heteroatoms. The van der Waals surface area contributed by atoms with Crippen LogP contribution < -0.4 is 5.32 Å². The fourth-order valence-corrected chi connectivity index (χ4v) is 3.47. The third-order valence-electron chi connectivity index (χ3n) is 4.88. The Kier molecular flexibility index (Phi) is 3.71. The van der Waals surface area contributed by atoms with E-state index < -0.39 is 0 Å². The summed E-state index contributed by atoms with van der Waals surface area (Å²) in [6.45, 7) is 1.03. The van der Waals surface area contributed by atoms with Crippen LogP contribution in [0.25, 0.3) is 16.9 Å². The summed E-state index contributed by atoms with van der Waals surface area (Å²) in [5, 5.41) is 10.7. The van der Waals surface area contributed by atoms with E-state index in [9.17, 15) is 4.79 Å². The molecule has 0 bridgehead atoms. The van der Waals surface area contributed by atoms with E-state index in [4.69, 9.17) is 4.98 Å². The zero-order valence-corrected chi connectivity index (χ0v) is 14.7. The number of anilines is 1. The van der Waals surface area contributed by atoms with Crippen LogP contribution in [0.3, 0.4) is 0 Å². The molecule has 7 nitrogen and oxygen atoms in total. The zero-order chi connectivity index (χ0) is 18.2. The normalized spacial score (nSPS) is 13.5. The molecule has 134 valence electrons. The third-order valence-corrected chi connectivity index (χ3v) is 4.88. The van der Waals surface area contributed by atoms with E-state index in [-0.39, 0.29) is 5.91 Å². The molecule has 1 amide bonds. The van der Waals surface area contributed by atoms with Gasteiger partial charge in [0.1, 0.15) is 12.2 Å². The molecule has 0 saturated carbocycles. The molecule has 0 unspecified atom stereocenters. The van der Waals surface area contributed by atoms with Gasteiger partial charge in [0.05, 0.1) is 11.3 Å². The van der Waals surface area contributed by atoms with E-state index >= 15 is 0 Å². The predicted octanol–water partition coefficient (Wildman–Crippen LogP) is 3.18. The van der Waals surface area contributed by atoms with Crippen LogP contribution in [0.4, 0.5) is 5.69 Å². The second-order valence-corrected chi connectivity index (χ2v) is 6.74. The van der Waals surface area contributed by atoms with Crippen molar-refractivity contribution in [3.63, 3.8) is 0 Å². The minimum absolute atomic E-state index is 0.174. The van der Waals surface area contributed by atoms with Gasteiger partial charge in [0.15, 0.2) is 5.65 Å².